The lowest BCUT2D eigenvalue weighted by Crippen LogP contribution is -2.14. The molecule has 5 aromatic rings. The van der Waals surface area contributed by atoms with Crippen molar-refractivity contribution in [1.82, 2.24) is 14.4 Å². The molecule has 174 valence electrons. The van der Waals surface area contributed by atoms with Crippen molar-refractivity contribution in [2.75, 3.05) is 5.32 Å². The summed E-state index contributed by atoms with van der Waals surface area (Å²) in [6.45, 7) is 3.59. The lowest BCUT2D eigenvalue weighted by atomic mass is 10.0. The number of rotatable bonds is 4. The molecule has 35 heavy (non-hydrogen) atoms. The third-order valence-electron chi connectivity index (χ3n) is 5.71. The highest BCUT2D eigenvalue weighted by molar-refractivity contribution is 6.05. The van der Waals surface area contributed by atoms with E-state index in [2.05, 4.69) is 15.3 Å². The summed E-state index contributed by atoms with van der Waals surface area (Å²) in [5.41, 5.74) is 4.24. The zero-order valence-corrected chi connectivity index (χ0v) is 18.8. The molecular weight excluding hydrogens is 453 g/mol. The monoisotopic (exact) mass is 472 g/mol. The van der Waals surface area contributed by atoms with Crippen LogP contribution in [0.1, 0.15) is 21.6 Å². The van der Waals surface area contributed by atoms with Crippen molar-refractivity contribution in [3.63, 3.8) is 0 Å². The van der Waals surface area contributed by atoms with Gasteiger partial charge in [0.05, 0.1) is 28.5 Å². The van der Waals surface area contributed by atoms with Crippen LogP contribution in [-0.2, 0) is 0 Å². The number of anilines is 1. The van der Waals surface area contributed by atoms with Crippen LogP contribution in [0.5, 0.6) is 0 Å². The van der Waals surface area contributed by atoms with E-state index in [0.717, 1.165) is 17.2 Å². The van der Waals surface area contributed by atoms with Crippen LogP contribution in [-0.4, -0.2) is 20.3 Å². The standard InChI is InChI=1S/C27H19F3N4O/c1-15-10-22(24-13-32-26(34(24)14-15)20-4-3-5-23(29)25(20)30)17-11-21(16(2)31-12-17)27(35)33-19-8-6-18(28)7-9-19/h3-14H,1-2H3,(H,33,35). The Hall–Kier alpha value is -4.46. The number of benzene rings is 2. The van der Waals surface area contributed by atoms with Crippen LogP contribution in [0.2, 0.25) is 0 Å². The first-order valence-electron chi connectivity index (χ1n) is 10.8. The minimum atomic E-state index is -0.972. The number of nitrogens with zero attached hydrogens (tertiary/aromatic N) is 3. The number of aromatic nitrogens is 3. The molecule has 0 radical (unpaired) electrons. The van der Waals surface area contributed by atoms with E-state index in [9.17, 15) is 18.0 Å². The molecule has 2 aromatic carbocycles. The molecule has 5 rings (SSSR count). The Kier molecular flexibility index (Phi) is 5.56. The summed E-state index contributed by atoms with van der Waals surface area (Å²) in [6, 6.07) is 13.1. The highest BCUT2D eigenvalue weighted by atomic mass is 19.2. The molecule has 1 amide bonds. The molecule has 0 fully saturated rings. The van der Waals surface area contributed by atoms with Crippen molar-refractivity contribution in [3.8, 4) is 22.5 Å². The van der Waals surface area contributed by atoms with Crippen molar-refractivity contribution >= 4 is 17.1 Å². The van der Waals surface area contributed by atoms with Crippen molar-refractivity contribution < 1.29 is 18.0 Å². The maximum atomic E-state index is 14.5. The van der Waals surface area contributed by atoms with Crippen molar-refractivity contribution in [2.24, 2.45) is 0 Å². The Morgan fingerprint density at radius 3 is 2.46 bits per heavy atom. The second-order valence-electron chi connectivity index (χ2n) is 8.19. The fraction of sp³-hybridized carbons (Fsp3) is 0.0741. The first-order valence-corrected chi connectivity index (χ1v) is 10.8. The van der Waals surface area contributed by atoms with E-state index in [4.69, 9.17) is 0 Å². The van der Waals surface area contributed by atoms with Gasteiger partial charge >= 0.3 is 0 Å². The Balaban J connectivity index is 1.59. The first kappa shape index (κ1) is 22.3. The molecule has 3 heterocycles. The van der Waals surface area contributed by atoms with Gasteiger partial charge in [-0.15, -0.1) is 0 Å². The van der Waals surface area contributed by atoms with Gasteiger partial charge in [0.25, 0.3) is 5.91 Å². The predicted molar refractivity (Wildman–Crippen MR) is 128 cm³/mol. The van der Waals surface area contributed by atoms with Gasteiger partial charge in [-0.3, -0.25) is 14.2 Å². The number of hydrogen-bond donors (Lipinski definition) is 1. The summed E-state index contributed by atoms with van der Waals surface area (Å²) in [7, 11) is 0. The van der Waals surface area contributed by atoms with Gasteiger partial charge < -0.3 is 5.32 Å². The molecule has 0 unspecified atom stereocenters. The minimum absolute atomic E-state index is 0.0444. The normalized spacial score (nSPS) is 11.1. The van der Waals surface area contributed by atoms with Gasteiger partial charge in [0.15, 0.2) is 11.6 Å². The largest absolute Gasteiger partial charge is 0.322 e. The zero-order chi connectivity index (χ0) is 24.7. The number of hydrogen-bond acceptors (Lipinski definition) is 3. The third kappa shape index (κ3) is 4.14. The number of imidazole rings is 1. The topological polar surface area (TPSA) is 59.3 Å². The molecule has 0 aliphatic carbocycles. The van der Waals surface area contributed by atoms with Crippen LogP contribution in [0.4, 0.5) is 18.9 Å². The van der Waals surface area contributed by atoms with Crippen LogP contribution in [0.25, 0.3) is 28.0 Å². The van der Waals surface area contributed by atoms with Gasteiger partial charge in [-0.1, -0.05) is 6.07 Å². The molecule has 0 aliphatic rings. The lowest BCUT2D eigenvalue weighted by molar-refractivity contribution is 0.102. The number of aryl methyl sites for hydroxylation is 2. The molecule has 5 nitrogen and oxygen atoms in total. The molecule has 8 heteroatoms. The Morgan fingerprint density at radius 1 is 0.914 bits per heavy atom. The quantitative estimate of drug-likeness (QED) is 0.332. The van der Waals surface area contributed by atoms with Crippen molar-refractivity contribution in [2.45, 2.75) is 13.8 Å². The molecule has 0 saturated carbocycles. The van der Waals surface area contributed by atoms with Crippen molar-refractivity contribution in [1.29, 1.82) is 0 Å². The number of carbonyl (C=O) groups is 1. The number of nitrogens with one attached hydrogen (secondary N) is 1. The number of pyridine rings is 2. The predicted octanol–water partition coefficient (Wildman–Crippen LogP) is 6.35. The van der Waals surface area contributed by atoms with E-state index in [0.29, 0.717) is 28.0 Å². The van der Waals surface area contributed by atoms with E-state index in [1.54, 1.807) is 36.0 Å². The second kappa shape index (κ2) is 8.72. The summed E-state index contributed by atoms with van der Waals surface area (Å²) >= 11 is 0. The van der Waals surface area contributed by atoms with Crippen LogP contribution < -0.4 is 5.32 Å². The highest BCUT2D eigenvalue weighted by Crippen LogP contribution is 2.31. The van der Waals surface area contributed by atoms with Gasteiger partial charge in [-0.2, -0.15) is 0 Å². The number of carbonyl (C=O) groups excluding carboxylic acids is 1. The average Bonchev–Trinajstić information content (AvgIpc) is 3.25. The molecule has 3 aromatic heterocycles. The van der Waals surface area contributed by atoms with E-state index < -0.39 is 17.5 Å². The molecule has 0 atom stereocenters. The van der Waals surface area contributed by atoms with E-state index in [-0.39, 0.29) is 17.3 Å². The van der Waals surface area contributed by atoms with E-state index in [1.165, 1.54) is 36.4 Å². The Labute approximate surface area is 198 Å². The zero-order valence-electron chi connectivity index (χ0n) is 18.8. The average molecular weight is 472 g/mol. The molecule has 0 bridgehead atoms. The minimum Gasteiger partial charge on any atom is -0.322 e. The fourth-order valence-corrected chi connectivity index (χ4v) is 3.98. The summed E-state index contributed by atoms with van der Waals surface area (Å²) in [4.78, 5) is 21.7. The highest BCUT2D eigenvalue weighted by Gasteiger charge is 2.18. The summed E-state index contributed by atoms with van der Waals surface area (Å²) in [6.07, 6.45) is 5.01. The van der Waals surface area contributed by atoms with Gasteiger partial charge in [0.2, 0.25) is 0 Å². The van der Waals surface area contributed by atoms with E-state index >= 15 is 0 Å². The lowest BCUT2D eigenvalue weighted by Gasteiger charge is -2.12. The van der Waals surface area contributed by atoms with E-state index in [1.807, 2.05) is 13.0 Å². The first-order chi connectivity index (χ1) is 16.8. The molecule has 1 N–H and O–H groups in total. The summed E-state index contributed by atoms with van der Waals surface area (Å²) in [5, 5.41) is 2.75. The van der Waals surface area contributed by atoms with Gasteiger partial charge in [0, 0.05) is 29.2 Å². The van der Waals surface area contributed by atoms with Crippen LogP contribution in [0.15, 0.2) is 73.2 Å². The number of fused-ring (bicyclic) bond motifs is 1. The molecule has 0 spiro atoms. The van der Waals surface area contributed by atoms with Crippen LogP contribution in [0, 0.1) is 31.3 Å². The van der Waals surface area contributed by atoms with Crippen LogP contribution >= 0.6 is 0 Å². The fourth-order valence-electron chi connectivity index (χ4n) is 3.98. The Morgan fingerprint density at radius 2 is 1.69 bits per heavy atom. The SMILES string of the molecule is Cc1cc(-c2cnc(C)c(C(=O)Nc3ccc(F)cc3)c2)c2cnc(-c3cccc(F)c3F)n2c1. The number of amides is 1. The van der Waals surface area contributed by atoms with Gasteiger partial charge in [0.1, 0.15) is 11.6 Å². The molecular formula is C27H19F3N4O. The molecule has 0 aliphatic heterocycles. The van der Waals surface area contributed by atoms with Gasteiger partial charge in [-0.25, -0.2) is 18.2 Å². The van der Waals surface area contributed by atoms with Crippen molar-refractivity contribution in [3.05, 3.63) is 107 Å². The summed E-state index contributed by atoms with van der Waals surface area (Å²) in [5.74, 6) is -2.45. The smallest absolute Gasteiger partial charge is 0.257 e. The summed E-state index contributed by atoms with van der Waals surface area (Å²) < 4.78 is 43.2. The maximum Gasteiger partial charge on any atom is 0.257 e. The maximum absolute atomic E-state index is 14.5. The molecule has 0 saturated heterocycles. The second-order valence-corrected chi connectivity index (χ2v) is 8.19. The van der Waals surface area contributed by atoms with Gasteiger partial charge in [-0.05, 0) is 67.9 Å². The number of halogens is 3. The Bertz CT molecular complexity index is 1590. The van der Waals surface area contributed by atoms with Crippen LogP contribution in [0.3, 0.4) is 0 Å². The third-order valence-corrected chi connectivity index (χ3v) is 5.71.